The van der Waals surface area contributed by atoms with Crippen molar-refractivity contribution < 1.29 is 0 Å². The van der Waals surface area contributed by atoms with E-state index in [1.54, 1.807) is 10.4 Å². The third-order valence-electron chi connectivity index (χ3n) is 2.64. The van der Waals surface area contributed by atoms with Crippen LogP contribution in [0.1, 0.15) is 29.3 Å². The van der Waals surface area contributed by atoms with Crippen LogP contribution >= 0.6 is 11.3 Å². The molecule has 0 saturated heterocycles. The molecule has 0 bridgehead atoms. The Hall–Kier alpha value is -0.340. The molecule has 0 radical (unpaired) electrons. The lowest BCUT2D eigenvalue weighted by Gasteiger charge is -2.28. The summed E-state index contributed by atoms with van der Waals surface area (Å²) in [5.41, 5.74) is 1.58. The van der Waals surface area contributed by atoms with Crippen molar-refractivity contribution in [3.63, 3.8) is 0 Å². The summed E-state index contributed by atoms with van der Waals surface area (Å²) in [6.45, 7) is 0. The number of rotatable bonds is 1. The van der Waals surface area contributed by atoms with E-state index in [0.29, 0.717) is 6.04 Å². The van der Waals surface area contributed by atoms with Gasteiger partial charge in [-0.1, -0.05) is 0 Å². The molecule has 1 aromatic heterocycles. The highest BCUT2D eigenvalue weighted by Gasteiger charge is 2.22. The zero-order chi connectivity index (χ0) is 8.55. The summed E-state index contributed by atoms with van der Waals surface area (Å²) in [7, 11) is 4.36. The number of hydrogen-bond acceptors (Lipinski definition) is 2. The van der Waals surface area contributed by atoms with Gasteiger partial charge in [0.2, 0.25) is 0 Å². The second kappa shape index (κ2) is 3.19. The topological polar surface area (TPSA) is 3.24 Å². The molecule has 1 nitrogen and oxygen atoms in total. The zero-order valence-electron chi connectivity index (χ0n) is 7.71. The Morgan fingerprint density at radius 2 is 2.33 bits per heavy atom. The van der Waals surface area contributed by atoms with Crippen LogP contribution in [0.4, 0.5) is 0 Å². The average molecular weight is 181 g/mol. The Bertz CT molecular complexity index is 265. The van der Waals surface area contributed by atoms with E-state index in [4.69, 9.17) is 0 Å². The molecule has 2 heteroatoms. The van der Waals surface area contributed by atoms with Gasteiger partial charge in [0.1, 0.15) is 0 Å². The maximum Gasteiger partial charge on any atom is 0.0353 e. The molecule has 1 unspecified atom stereocenters. The fourth-order valence-electron chi connectivity index (χ4n) is 2.00. The van der Waals surface area contributed by atoms with Gasteiger partial charge in [-0.15, -0.1) is 11.3 Å². The van der Waals surface area contributed by atoms with Crippen molar-refractivity contribution >= 4 is 11.3 Å². The number of thiophene rings is 1. The Morgan fingerprint density at radius 1 is 1.50 bits per heavy atom. The minimum Gasteiger partial charge on any atom is -0.302 e. The quantitative estimate of drug-likeness (QED) is 0.644. The van der Waals surface area contributed by atoms with E-state index in [0.717, 1.165) is 0 Å². The molecular formula is C10H15NS. The van der Waals surface area contributed by atoms with E-state index in [-0.39, 0.29) is 0 Å². The highest BCUT2D eigenvalue weighted by molar-refractivity contribution is 7.10. The normalized spacial score (nSPS) is 22.8. The lowest BCUT2D eigenvalue weighted by Crippen LogP contribution is -2.22. The van der Waals surface area contributed by atoms with Crippen LogP contribution in [0.15, 0.2) is 11.4 Å². The lowest BCUT2D eigenvalue weighted by atomic mass is 9.93. The Morgan fingerprint density at radius 3 is 3.08 bits per heavy atom. The van der Waals surface area contributed by atoms with Crippen molar-refractivity contribution in [3.05, 3.63) is 21.9 Å². The number of fused-ring (bicyclic) bond motifs is 1. The van der Waals surface area contributed by atoms with Crippen molar-refractivity contribution in [2.45, 2.75) is 25.3 Å². The van der Waals surface area contributed by atoms with Gasteiger partial charge >= 0.3 is 0 Å². The van der Waals surface area contributed by atoms with Gasteiger partial charge in [0, 0.05) is 10.9 Å². The third-order valence-corrected chi connectivity index (χ3v) is 3.64. The van der Waals surface area contributed by atoms with Gasteiger partial charge in [0.15, 0.2) is 0 Å². The Kier molecular flexibility index (Phi) is 2.20. The van der Waals surface area contributed by atoms with Gasteiger partial charge in [-0.2, -0.15) is 0 Å². The number of nitrogens with zero attached hydrogens (tertiary/aromatic N) is 1. The van der Waals surface area contributed by atoms with E-state index in [9.17, 15) is 0 Å². The molecule has 1 atom stereocenters. The van der Waals surface area contributed by atoms with Crippen molar-refractivity contribution in [1.82, 2.24) is 4.90 Å². The molecule has 1 aliphatic carbocycles. The molecular weight excluding hydrogens is 166 g/mol. The summed E-state index contributed by atoms with van der Waals surface area (Å²) in [6, 6.07) is 2.98. The van der Waals surface area contributed by atoms with Crippen LogP contribution in [0.5, 0.6) is 0 Å². The predicted molar refractivity (Wildman–Crippen MR) is 53.7 cm³/mol. The first-order valence-electron chi connectivity index (χ1n) is 4.51. The van der Waals surface area contributed by atoms with Crippen molar-refractivity contribution in [3.8, 4) is 0 Å². The summed E-state index contributed by atoms with van der Waals surface area (Å²) in [5, 5.41) is 2.23. The van der Waals surface area contributed by atoms with Crippen LogP contribution in [0.3, 0.4) is 0 Å². The van der Waals surface area contributed by atoms with Gasteiger partial charge < -0.3 is 4.90 Å². The molecule has 0 spiro atoms. The first-order chi connectivity index (χ1) is 5.79. The highest BCUT2D eigenvalue weighted by Crippen LogP contribution is 2.35. The molecule has 0 aliphatic heterocycles. The van der Waals surface area contributed by atoms with E-state index in [1.807, 2.05) is 11.3 Å². The predicted octanol–water partition coefficient (Wildman–Crippen LogP) is 2.69. The first-order valence-corrected chi connectivity index (χ1v) is 5.39. The second-order valence-electron chi connectivity index (χ2n) is 3.67. The molecule has 0 N–H and O–H groups in total. The smallest absolute Gasteiger partial charge is 0.0353 e. The lowest BCUT2D eigenvalue weighted by molar-refractivity contribution is 0.270. The maximum absolute atomic E-state index is 2.34. The van der Waals surface area contributed by atoms with Gasteiger partial charge in [-0.3, -0.25) is 0 Å². The molecule has 1 aliphatic rings. The van der Waals surface area contributed by atoms with Gasteiger partial charge in [-0.25, -0.2) is 0 Å². The second-order valence-corrected chi connectivity index (χ2v) is 4.67. The minimum absolute atomic E-state index is 0.681. The fourth-order valence-corrected chi connectivity index (χ4v) is 2.98. The van der Waals surface area contributed by atoms with E-state index >= 15 is 0 Å². The van der Waals surface area contributed by atoms with Crippen molar-refractivity contribution in [1.29, 1.82) is 0 Å². The molecule has 2 rings (SSSR count). The molecule has 0 amide bonds. The van der Waals surface area contributed by atoms with Crippen LogP contribution in [0, 0.1) is 0 Å². The van der Waals surface area contributed by atoms with Gasteiger partial charge in [0.25, 0.3) is 0 Å². The molecule has 0 aromatic carbocycles. The van der Waals surface area contributed by atoms with Gasteiger partial charge in [-0.05, 0) is 50.4 Å². The Balaban J connectivity index is 2.31. The monoisotopic (exact) mass is 181 g/mol. The standard InChI is InChI=1S/C10H15NS/c1-11(2)9-4-3-5-10-8(9)6-7-12-10/h6-7,9H,3-5H2,1-2H3. The van der Waals surface area contributed by atoms with Crippen LogP contribution in [-0.2, 0) is 6.42 Å². The maximum atomic E-state index is 2.34. The highest BCUT2D eigenvalue weighted by atomic mass is 32.1. The molecule has 1 heterocycles. The Labute approximate surface area is 78.0 Å². The molecule has 0 saturated carbocycles. The largest absolute Gasteiger partial charge is 0.302 e. The summed E-state index contributed by atoms with van der Waals surface area (Å²) in [4.78, 5) is 3.95. The summed E-state index contributed by atoms with van der Waals surface area (Å²) in [6.07, 6.45) is 3.99. The molecule has 1 aromatic rings. The van der Waals surface area contributed by atoms with Crippen molar-refractivity contribution in [2.75, 3.05) is 14.1 Å². The summed E-state index contributed by atoms with van der Waals surface area (Å²) < 4.78 is 0. The third kappa shape index (κ3) is 1.29. The molecule has 66 valence electrons. The van der Waals surface area contributed by atoms with E-state index in [2.05, 4.69) is 30.4 Å². The van der Waals surface area contributed by atoms with Gasteiger partial charge in [0.05, 0.1) is 0 Å². The van der Waals surface area contributed by atoms with E-state index in [1.165, 1.54) is 19.3 Å². The number of hydrogen-bond donors (Lipinski definition) is 0. The van der Waals surface area contributed by atoms with Crippen LogP contribution < -0.4 is 0 Å². The summed E-state index contributed by atoms with van der Waals surface area (Å²) >= 11 is 1.92. The first kappa shape index (κ1) is 8.27. The molecule has 0 fully saturated rings. The summed E-state index contributed by atoms with van der Waals surface area (Å²) in [5.74, 6) is 0. The molecule has 12 heavy (non-hydrogen) atoms. The van der Waals surface area contributed by atoms with Crippen LogP contribution in [0.2, 0.25) is 0 Å². The van der Waals surface area contributed by atoms with Crippen LogP contribution in [0.25, 0.3) is 0 Å². The average Bonchev–Trinajstić information content (AvgIpc) is 2.49. The van der Waals surface area contributed by atoms with E-state index < -0.39 is 0 Å². The zero-order valence-corrected chi connectivity index (χ0v) is 8.53. The number of aryl methyl sites for hydroxylation is 1. The van der Waals surface area contributed by atoms with Crippen LogP contribution in [-0.4, -0.2) is 19.0 Å². The SMILES string of the molecule is CN(C)C1CCCc2sccc21. The van der Waals surface area contributed by atoms with Crippen molar-refractivity contribution in [2.24, 2.45) is 0 Å². The minimum atomic E-state index is 0.681. The fraction of sp³-hybridized carbons (Fsp3) is 0.600.